The Morgan fingerprint density at radius 3 is 2.83 bits per heavy atom. The molecule has 0 aliphatic carbocycles. The van der Waals surface area contributed by atoms with Crippen LogP contribution in [0.4, 0.5) is 14.5 Å². The lowest BCUT2D eigenvalue weighted by Crippen LogP contribution is -2.55. The first-order chi connectivity index (χ1) is 11.4. The van der Waals surface area contributed by atoms with Crippen LogP contribution in [0, 0.1) is 11.6 Å². The highest BCUT2D eigenvalue weighted by molar-refractivity contribution is 6.06. The predicted molar refractivity (Wildman–Crippen MR) is 85.6 cm³/mol. The van der Waals surface area contributed by atoms with Gasteiger partial charge in [-0.25, -0.2) is 8.78 Å². The van der Waals surface area contributed by atoms with Crippen molar-refractivity contribution in [2.24, 2.45) is 0 Å². The number of hydrogen-bond donors (Lipinski definition) is 1. The Kier molecular flexibility index (Phi) is 5.88. The Balaban J connectivity index is 2.14. The maximum atomic E-state index is 14.1. The zero-order valence-electron chi connectivity index (χ0n) is 13.9. The van der Waals surface area contributed by atoms with Gasteiger partial charge in [0.05, 0.1) is 5.69 Å². The van der Waals surface area contributed by atoms with E-state index in [1.54, 1.807) is 6.92 Å². The maximum absolute atomic E-state index is 14.1. The molecule has 5 nitrogen and oxygen atoms in total. The van der Waals surface area contributed by atoms with Crippen LogP contribution in [-0.2, 0) is 14.3 Å². The Morgan fingerprint density at radius 1 is 1.42 bits per heavy atom. The molecular weight excluding hydrogens is 318 g/mol. The summed E-state index contributed by atoms with van der Waals surface area (Å²) in [6.07, 6.45) is 1.06. The van der Waals surface area contributed by atoms with E-state index in [-0.39, 0.29) is 30.3 Å². The third-order valence-corrected chi connectivity index (χ3v) is 4.16. The van der Waals surface area contributed by atoms with E-state index in [4.69, 9.17) is 4.74 Å². The minimum absolute atomic E-state index is 0.0779. The van der Waals surface area contributed by atoms with Gasteiger partial charge in [-0.2, -0.15) is 0 Å². The standard InChI is InChI=1S/C17H22F2N2O3/c1-3-24-10-4-9-20-16(23)17(2)8-7-15(22)21(17)14-6-5-12(18)11-13(14)19/h5-6,11H,3-4,7-10H2,1-2H3,(H,20,23). The fraction of sp³-hybridized carbons (Fsp3) is 0.529. The second kappa shape index (κ2) is 7.70. The van der Waals surface area contributed by atoms with E-state index in [0.29, 0.717) is 32.2 Å². The summed E-state index contributed by atoms with van der Waals surface area (Å²) in [5.74, 6) is -2.30. The molecule has 2 rings (SSSR count). The summed E-state index contributed by atoms with van der Waals surface area (Å²) in [5.41, 5.74) is -1.27. The summed E-state index contributed by atoms with van der Waals surface area (Å²) in [7, 11) is 0. The van der Waals surface area contributed by atoms with Crippen LogP contribution in [-0.4, -0.2) is 37.1 Å². The van der Waals surface area contributed by atoms with Crippen LogP contribution in [0.5, 0.6) is 0 Å². The van der Waals surface area contributed by atoms with Crippen molar-refractivity contribution in [2.75, 3.05) is 24.7 Å². The Hall–Kier alpha value is -2.02. The molecule has 1 heterocycles. The maximum Gasteiger partial charge on any atom is 0.246 e. The predicted octanol–water partition coefficient (Wildman–Crippen LogP) is 2.39. The van der Waals surface area contributed by atoms with Crippen molar-refractivity contribution in [3.8, 4) is 0 Å². The molecule has 1 fully saturated rings. The summed E-state index contributed by atoms with van der Waals surface area (Å²) < 4.78 is 32.4. The minimum Gasteiger partial charge on any atom is -0.382 e. The van der Waals surface area contributed by atoms with Crippen LogP contribution >= 0.6 is 0 Å². The molecule has 0 radical (unpaired) electrons. The first kappa shape index (κ1) is 18.3. The quantitative estimate of drug-likeness (QED) is 0.776. The summed E-state index contributed by atoms with van der Waals surface area (Å²) >= 11 is 0. The molecule has 0 aromatic heterocycles. The van der Waals surface area contributed by atoms with Crippen molar-refractivity contribution < 1.29 is 23.1 Å². The summed E-state index contributed by atoms with van der Waals surface area (Å²) in [6.45, 7) is 5.03. The molecule has 0 bridgehead atoms. The largest absolute Gasteiger partial charge is 0.382 e. The van der Waals surface area contributed by atoms with Gasteiger partial charge in [-0.05, 0) is 38.8 Å². The summed E-state index contributed by atoms with van der Waals surface area (Å²) in [5, 5.41) is 2.77. The van der Waals surface area contributed by atoms with Crippen molar-refractivity contribution in [3.63, 3.8) is 0 Å². The second-order valence-corrected chi connectivity index (χ2v) is 5.91. The van der Waals surface area contributed by atoms with E-state index in [1.165, 1.54) is 6.07 Å². The van der Waals surface area contributed by atoms with Crippen molar-refractivity contribution in [1.29, 1.82) is 0 Å². The van der Waals surface area contributed by atoms with E-state index in [0.717, 1.165) is 11.0 Å². The molecule has 2 amide bonds. The van der Waals surface area contributed by atoms with Gasteiger partial charge in [-0.3, -0.25) is 14.5 Å². The van der Waals surface area contributed by atoms with E-state index < -0.39 is 17.2 Å². The van der Waals surface area contributed by atoms with Crippen molar-refractivity contribution in [1.82, 2.24) is 5.32 Å². The monoisotopic (exact) mass is 340 g/mol. The number of halogens is 2. The molecule has 0 saturated carbocycles. The van der Waals surface area contributed by atoms with Crippen LogP contribution in [0.3, 0.4) is 0 Å². The summed E-state index contributed by atoms with van der Waals surface area (Å²) in [4.78, 5) is 25.9. The van der Waals surface area contributed by atoms with Gasteiger partial charge in [0.1, 0.15) is 17.2 Å². The number of nitrogens with one attached hydrogen (secondary N) is 1. The number of hydrogen-bond acceptors (Lipinski definition) is 3. The van der Waals surface area contributed by atoms with Gasteiger partial charge in [-0.1, -0.05) is 0 Å². The average Bonchev–Trinajstić information content (AvgIpc) is 2.84. The van der Waals surface area contributed by atoms with Gasteiger partial charge in [0.15, 0.2) is 0 Å². The van der Waals surface area contributed by atoms with Gasteiger partial charge in [0, 0.05) is 32.2 Å². The lowest BCUT2D eigenvalue weighted by Gasteiger charge is -2.34. The normalized spacial score (nSPS) is 20.5. The van der Waals surface area contributed by atoms with E-state index >= 15 is 0 Å². The number of nitrogens with zero attached hydrogens (tertiary/aromatic N) is 1. The lowest BCUT2D eigenvalue weighted by atomic mass is 9.97. The van der Waals surface area contributed by atoms with Gasteiger partial charge in [-0.15, -0.1) is 0 Å². The van der Waals surface area contributed by atoms with Gasteiger partial charge in [0.25, 0.3) is 0 Å². The highest BCUT2D eigenvalue weighted by atomic mass is 19.1. The SMILES string of the molecule is CCOCCCNC(=O)C1(C)CCC(=O)N1c1ccc(F)cc1F. The lowest BCUT2D eigenvalue weighted by molar-refractivity contribution is -0.127. The molecule has 1 aromatic rings. The molecule has 1 unspecified atom stereocenters. The molecule has 1 aromatic carbocycles. The minimum atomic E-state index is -1.19. The fourth-order valence-corrected chi connectivity index (χ4v) is 2.84. The van der Waals surface area contributed by atoms with Crippen LogP contribution in [0.25, 0.3) is 0 Å². The Morgan fingerprint density at radius 2 is 2.17 bits per heavy atom. The number of ether oxygens (including phenoxy) is 1. The van der Waals surface area contributed by atoms with Crippen molar-refractivity contribution >= 4 is 17.5 Å². The van der Waals surface area contributed by atoms with E-state index in [1.807, 2.05) is 6.92 Å². The van der Waals surface area contributed by atoms with Crippen molar-refractivity contribution in [2.45, 2.75) is 38.6 Å². The van der Waals surface area contributed by atoms with Crippen molar-refractivity contribution in [3.05, 3.63) is 29.8 Å². The van der Waals surface area contributed by atoms with E-state index in [2.05, 4.69) is 5.32 Å². The third kappa shape index (κ3) is 3.72. The topological polar surface area (TPSA) is 58.6 Å². The van der Waals surface area contributed by atoms with E-state index in [9.17, 15) is 18.4 Å². The molecule has 1 aliphatic rings. The van der Waals surface area contributed by atoms with Crippen LogP contribution < -0.4 is 10.2 Å². The highest BCUT2D eigenvalue weighted by Gasteiger charge is 2.48. The number of amides is 2. The Bertz CT molecular complexity index is 624. The molecule has 1 saturated heterocycles. The zero-order chi connectivity index (χ0) is 17.7. The van der Waals surface area contributed by atoms with Gasteiger partial charge >= 0.3 is 0 Å². The molecule has 7 heteroatoms. The first-order valence-corrected chi connectivity index (χ1v) is 8.04. The molecular formula is C17H22F2N2O3. The number of benzene rings is 1. The molecule has 1 aliphatic heterocycles. The molecule has 1 N–H and O–H groups in total. The molecule has 24 heavy (non-hydrogen) atoms. The van der Waals surface area contributed by atoms with Crippen LogP contribution in [0.1, 0.15) is 33.1 Å². The van der Waals surface area contributed by atoms with Gasteiger partial charge in [0.2, 0.25) is 11.8 Å². The average molecular weight is 340 g/mol. The molecule has 1 atom stereocenters. The number of rotatable bonds is 7. The van der Waals surface area contributed by atoms with Crippen LogP contribution in [0.15, 0.2) is 18.2 Å². The van der Waals surface area contributed by atoms with Crippen LogP contribution in [0.2, 0.25) is 0 Å². The smallest absolute Gasteiger partial charge is 0.246 e. The van der Waals surface area contributed by atoms with Gasteiger partial charge < -0.3 is 10.1 Å². The second-order valence-electron chi connectivity index (χ2n) is 5.91. The molecule has 0 spiro atoms. The number of carbonyl (C=O) groups excluding carboxylic acids is 2. The highest BCUT2D eigenvalue weighted by Crippen LogP contribution is 2.36. The Labute approximate surface area is 140 Å². The number of anilines is 1. The third-order valence-electron chi connectivity index (χ3n) is 4.16. The fourth-order valence-electron chi connectivity index (χ4n) is 2.84. The molecule has 132 valence electrons. The first-order valence-electron chi connectivity index (χ1n) is 8.04. The zero-order valence-corrected chi connectivity index (χ0v) is 13.9. The summed E-state index contributed by atoms with van der Waals surface area (Å²) in [6, 6.07) is 2.97. The number of carbonyl (C=O) groups is 2.